The Balaban J connectivity index is 2.00. The molecule has 2 aromatic rings. The van der Waals surface area contributed by atoms with Crippen molar-refractivity contribution in [2.24, 2.45) is 16.8 Å². The molecule has 2 aliphatic rings. The smallest absolute Gasteiger partial charge is 0.416 e. The number of ketones is 1. The summed E-state index contributed by atoms with van der Waals surface area (Å²) in [5, 5.41) is 0. The molecule has 9 heteroatoms. The quantitative estimate of drug-likeness (QED) is 0.480. The largest absolute Gasteiger partial charge is 0.465 e. The van der Waals surface area contributed by atoms with Crippen molar-refractivity contribution in [3.63, 3.8) is 0 Å². The summed E-state index contributed by atoms with van der Waals surface area (Å²) in [6, 6.07) is 12.2. The molecule has 0 saturated carbocycles. The number of esters is 2. The molecular formula is C29H28F3NO5. The molecule has 1 aliphatic carbocycles. The molecule has 1 aliphatic heterocycles. The van der Waals surface area contributed by atoms with E-state index in [2.05, 4.69) is 4.99 Å². The Morgan fingerprint density at radius 1 is 0.974 bits per heavy atom. The zero-order chi connectivity index (χ0) is 27.6. The molecule has 38 heavy (non-hydrogen) atoms. The van der Waals surface area contributed by atoms with Gasteiger partial charge in [-0.25, -0.2) is 4.79 Å². The van der Waals surface area contributed by atoms with Crippen LogP contribution in [0.3, 0.4) is 0 Å². The number of carbonyl (C=O) groups excluding carboxylic acids is 3. The molecule has 6 nitrogen and oxygen atoms in total. The second-order valence-corrected chi connectivity index (χ2v) is 9.23. The summed E-state index contributed by atoms with van der Waals surface area (Å²) < 4.78 is 53.1. The van der Waals surface area contributed by atoms with E-state index in [1.807, 2.05) is 24.3 Å². The molecule has 2 unspecified atom stereocenters. The van der Waals surface area contributed by atoms with Crippen LogP contribution >= 0.6 is 0 Å². The van der Waals surface area contributed by atoms with Gasteiger partial charge in [-0.15, -0.1) is 0 Å². The molecular weight excluding hydrogens is 499 g/mol. The Labute approximate surface area is 218 Å². The van der Waals surface area contributed by atoms with Gasteiger partial charge in [0.2, 0.25) is 0 Å². The minimum Gasteiger partial charge on any atom is -0.465 e. The first-order valence-corrected chi connectivity index (χ1v) is 12.5. The second kappa shape index (κ2) is 10.9. The Morgan fingerprint density at radius 2 is 1.61 bits per heavy atom. The highest BCUT2D eigenvalue weighted by molar-refractivity contribution is 6.08. The summed E-state index contributed by atoms with van der Waals surface area (Å²) in [6.45, 7) is 4.58. The zero-order valence-corrected chi connectivity index (χ0v) is 21.3. The number of hydrogen-bond acceptors (Lipinski definition) is 6. The topological polar surface area (TPSA) is 82.0 Å². The summed E-state index contributed by atoms with van der Waals surface area (Å²) in [4.78, 5) is 44.6. The maximum atomic E-state index is 14.2. The molecule has 0 saturated heterocycles. The zero-order valence-electron chi connectivity index (χ0n) is 21.3. The number of ether oxygens (including phenoxy) is 2. The fourth-order valence-corrected chi connectivity index (χ4v) is 5.32. The first-order valence-electron chi connectivity index (χ1n) is 12.5. The Bertz CT molecular complexity index is 1330. The summed E-state index contributed by atoms with van der Waals surface area (Å²) in [7, 11) is 0. The van der Waals surface area contributed by atoms with Gasteiger partial charge in [0.15, 0.2) is 0 Å². The summed E-state index contributed by atoms with van der Waals surface area (Å²) in [5.74, 6) is -5.55. The van der Waals surface area contributed by atoms with Crippen LogP contribution < -0.4 is 0 Å². The fourth-order valence-electron chi connectivity index (χ4n) is 5.32. The number of alkyl halides is 3. The first-order chi connectivity index (χ1) is 18.1. The highest BCUT2D eigenvalue weighted by atomic mass is 19.4. The van der Waals surface area contributed by atoms with E-state index in [9.17, 15) is 27.6 Å². The van der Waals surface area contributed by atoms with Crippen molar-refractivity contribution in [3.8, 4) is 0 Å². The number of halogens is 3. The van der Waals surface area contributed by atoms with Crippen LogP contribution in [0.25, 0.3) is 0 Å². The van der Waals surface area contributed by atoms with Crippen molar-refractivity contribution in [2.45, 2.75) is 45.7 Å². The van der Waals surface area contributed by atoms with Crippen LogP contribution in [-0.2, 0) is 42.9 Å². The molecule has 0 aromatic heterocycles. The third-order valence-electron chi connectivity index (χ3n) is 6.93. The first kappa shape index (κ1) is 27.3. The number of fused-ring (bicyclic) bond motifs is 1. The van der Waals surface area contributed by atoms with Crippen LogP contribution in [0.4, 0.5) is 13.2 Å². The SMILES string of the molecule is CCOC(=O)C1=C(C2Cc3ccccc3CC2=O)N=C(C)C(C(=O)OCC)[C@@H]1c1ccccc1C(F)(F)F. The van der Waals surface area contributed by atoms with Crippen molar-refractivity contribution in [3.05, 3.63) is 82.1 Å². The van der Waals surface area contributed by atoms with Crippen molar-refractivity contribution in [1.82, 2.24) is 0 Å². The molecule has 3 atom stereocenters. The molecule has 0 radical (unpaired) electrons. The number of allylic oxidation sites excluding steroid dienone is 1. The van der Waals surface area contributed by atoms with E-state index in [1.165, 1.54) is 25.1 Å². The highest BCUT2D eigenvalue weighted by Gasteiger charge is 2.48. The molecule has 4 rings (SSSR count). The van der Waals surface area contributed by atoms with Crippen molar-refractivity contribution < 1.29 is 37.0 Å². The van der Waals surface area contributed by atoms with Crippen LogP contribution in [0, 0.1) is 11.8 Å². The normalized spacial score (nSPS) is 21.5. The fraction of sp³-hybridized carbons (Fsp3) is 0.379. The lowest BCUT2D eigenvalue weighted by Crippen LogP contribution is -2.40. The second-order valence-electron chi connectivity index (χ2n) is 9.23. The van der Waals surface area contributed by atoms with E-state index in [1.54, 1.807) is 13.8 Å². The van der Waals surface area contributed by atoms with E-state index in [4.69, 9.17) is 9.47 Å². The predicted molar refractivity (Wildman–Crippen MR) is 133 cm³/mol. The highest BCUT2D eigenvalue weighted by Crippen LogP contribution is 2.47. The van der Waals surface area contributed by atoms with Crippen LogP contribution in [-0.4, -0.2) is 36.6 Å². The van der Waals surface area contributed by atoms with Gasteiger partial charge >= 0.3 is 18.1 Å². The van der Waals surface area contributed by atoms with Gasteiger partial charge in [-0.3, -0.25) is 14.6 Å². The molecule has 0 spiro atoms. The van der Waals surface area contributed by atoms with E-state index in [0.29, 0.717) is 0 Å². The number of nitrogens with zero attached hydrogens (tertiary/aromatic N) is 1. The monoisotopic (exact) mass is 527 g/mol. The summed E-state index contributed by atoms with van der Waals surface area (Å²) in [6.07, 6.45) is -4.44. The average molecular weight is 528 g/mol. The lowest BCUT2D eigenvalue weighted by molar-refractivity contribution is -0.147. The lowest BCUT2D eigenvalue weighted by Gasteiger charge is -2.36. The van der Waals surface area contributed by atoms with Crippen LogP contribution in [0.15, 0.2) is 64.8 Å². The number of Topliss-reactive ketones (excluding diaryl/α,β-unsaturated/α-hetero) is 1. The van der Waals surface area contributed by atoms with Gasteiger partial charge in [0.25, 0.3) is 0 Å². The van der Waals surface area contributed by atoms with Gasteiger partial charge in [0, 0.05) is 18.1 Å². The number of hydrogen-bond donors (Lipinski definition) is 0. The van der Waals surface area contributed by atoms with Gasteiger partial charge < -0.3 is 9.47 Å². The van der Waals surface area contributed by atoms with E-state index < -0.39 is 41.4 Å². The Morgan fingerprint density at radius 3 is 2.26 bits per heavy atom. The molecule has 2 aromatic carbocycles. The Kier molecular flexibility index (Phi) is 7.85. The molecule has 0 fully saturated rings. The third kappa shape index (κ3) is 5.14. The standard InChI is InChI=1S/C29H28F3NO5/c1-4-37-27(35)23-16(3)33-26(20-14-17-10-6-7-11-18(17)15-22(20)34)25(28(36)38-5-2)24(23)19-12-8-9-13-21(19)29(30,31)32/h6-13,20,23-24H,4-5,14-15H2,1-3H3/t20?,23?,24-/m0/s1. The molecule has 0 amide bonds. The van der Waals surface area contributed by atoms with Crippen molar-refractivity contribution >= 4 is 23.4 Å². The minimum atomic E-state index is -4.77. The van der Waals surface area contributed by atoms with Gasteiger partial charge in [0.1, 0.15) is 11.7 Å². The van der Waals surface area contributed by atoms with E-state index in [0.717, 1.165) is 17.2 Å². The number of benzene rings is 2. The number of carbonyl (C=O) groups is 3. The van der Waals surface area contributed by atoms with Gasteiger partial charge in [-0.05, 0) is 49.9 Å². The van der Waals surface area contributed by atoms with Crippen LogP contribution in [0.2, 0.25) is 0 Å². The number of aliphatic imine (C=N–C) groups is 1. The van der Waals surface area contributed by atoms with Gasteiger partial charge in [-0.2, -0.15) is 13.2 Å². The third-order valence-corrected chi connectivity index (χ3v) is 6.93. The summed E-state index contributed by atoms with van der Waals surface area (Å²) in [5.41, 5.74) is 0.465. The Hall–Kier alpha value is -3.75. The van der Waals surface area contributed by atoms with Crippen molar-refractivity contribution in [2.75, 3.05) is 13.2 Å². The molecule has 200 valence electrons. The maximum absolute atomic E-state index is 14.2. The number of rotatable bonds is 6. The van der Waals surface area contributed by atoms with E-state index >= 15 is 0 Å². The lowest BCUT2D eigenvalue weighted by atomic mass is 9.70. The minimum absolute atomic E-state index is 0.0144. The maximum Gasteiger partial charge on any atom is 0.416 e. The van der Waals surface area contributed by atoms with Crippen LogP contribution in [0.5, 0.6) is 0 Å². The average Bonchev–Trinajstić information content (AvgIpc) is 2.87. The molecule has 1 heterocycles. The molecule has 0 N–H and O–H groups in total. The van der Waals surface area contributed by atoms with Crippen molar-refractivity contribution in [1.29, 1.82) is 0 Å². The van der Waals surface area contributed by atoms with Gasteiger partial charge in [0.05, 0.1) is 36.0 Å². The predicted octanol–water partition coefficient (Wildman–Crippen LogP) is 5.24. The molecule has 0 bridgehead atoms. The van der Waals surface area contributed by atoms with Gasteiger partial charge in [-0.1, -0.05) is 42.5 Å². The van der Waals surface area contributed by atoms with Crippen LogP contribution in [0.1, 0.15) is 48.9 Å². The summed E-state index contributed by atoms with van der Waals surface area (Å²) >= 11 is 0. The van der Waals surface area contributed by atoms with E-state index in [-0.39, 0.29) is 54.4 Å².